The van der Waals surface area contributed by atoms with Gasteiger partial charge in [0.1, 0.15) is 11.9 Å². The van der Waals surface area contributed by atoms with Crippen molar-refractivity contribution >= 4 is 21.6 Å². The first-order valence-electron chi connectivity index (χ1n) is 9.39. The van der Waals surface area contributed by atoms with E-state index < -0.39 is 15.9 Å². The van der Waals surface area contributed by atoms with Crippen LogP contribution in [0.5, 0.6) is 0 Å². The zero-order valence-electron chi connectivity index (χ0n) is 15.8. The van der Waals surface area contributed by atoms with E-state index in [1.807, 2.05) is 13.0 Å². The van der Waals surface area contributed by atoms with Crippen molar-refractivity contribution in [2.45, 2.75) is 57.0 Å². The Morgan fingerprint density at radius 2 is 2.04 bits per heavy atom. The first-order valence-corrected chi connectivity index (χ1v) is 11.0. The molecule has 0 aliphatic heterocycles. The van der Waals surface area contributed by atoms with Crippen LogP contribution >= 0.6 is 0 Å². The van der Waals surface area contributed by atoms with Crippen LogP contribution in [-0.4, -0.2) is 34.6 Å². The Morgan fingerprint density at radius 1 is 1.30 bits per heavy atom. The highest BCUT2D eigenvalue weighted by atomic mass is 32.2. The zero-order valence-corrected chi connectivity index (χ0v) is 16.6. The molecule has 3 rings (SSSR count). The molecule has 2 aromatic heterocycles. The number of carbonyl (C=O) groups is 1. The van der Waals surface area contributed by atoms with E-state index in [1.54, 1.807) is 23.8 Å². The standard InChI is InChI=1S/C19H26N4O3S/c1-3-27(25,26)18-12-23(13-21-18)16(10-15-6-4-5-7-15)19(24)22-17-9-8-14(2)11-20-17/h8-9,11-13,15-16H,3-7,10H2,1-2H3,(H,20,22,24). The normalized spacial score (nSPS) is 16.4. The van der Waals surface area contributed by atoms with E-state index in [0.29, 0.717) is 18.2 Å². The summed E-state index contributed by atoms with van der Waals surface area (Å²) in [5, 5.41) is 2.87. The Balaban J connectivity index is 1.83. The van der Waals surface area contributed by atoms with Gasteiger partial charge in [-0.2, -0.15) is 0 Å². The number of imidazole rings is 1. The smallest absolute Gasteiger partial charge is 0.248 e. The lowest BCUT2D eigenvalue weighted by molar-refractivity contribution is -0.119. The summed E-state index contributed by atoms with van der Waals surface area (Å²) in [7, 11) is -3.40. The van der Waals surface area contributed by atoms with Crippen molar-refractivity contribution in [1.29, 1.82) is 0 Å². The van der Waals surface area contributed by atoms with Crippen molar-refractivity contribution in [3.63, 3.8) is 0 Å². The molecule has 1 atom stereocenters. The van der Waals surface area contributed by atoms with Crippen LogP contribution in [0.15, 0.2) is 35.9 Å². The van der Waals surface area contributed by atoms with Gasteiger partial charge in [0, 0.05) is 12.4 Å². The number of aromatic nitrogens is 3. The van der Waals surface area contributed by atoms with Crippen molar-refractivity contribution in [2.24, 2.45) is 5.92 Å². The largest absolute Gasteiger partial charge is 0.324 e. The summed E-state index contributed by atoms with van der Waals surface area (Å²) in [6.45, 7) is 3.52. The Hall–Kier alpha value is -2.22. The maximum Gasteiger partial charge on any atom is 0.248 e. The summed E-state index contributed by atoms with van der Waals surface area (Å²) < 4.78 is 25.8. The summed E-state index contributed by atoms with van der Waals surface area (Å²) in [4.78, 5) is 21.2. The Bertz CT molecular complexity index is 884. The molecule has 0 spiro atoms. The van der Waals surface area contributed by atoms with E-state index in [-0.39, 0.29) is 16.7 Å². The summed E-state index contributed by atoms with van der Waals surface area (Å²) in [5.74, 6) is 0.733. The number of nitrogens with zero attached hydrogens (tertiary/aromatic N) is 3. The van der Waals surface area contributed by atoms with Crippen LogP contribution in [0, 0.1) is 12.8 Å². The predicted molar refractivity (Wildman–Crippen MR) is 103 cm³/mol. The molecule has 2 aromatic rings. The van der Waals surface area contributed by atoms with Crippen LogP contribution in [0.4, 0.5) is 5.82 Å². The van der Waals surface area contributed by atoms with Gasteiger partial charge in [0.15, 0.2) is 14.9 Å². The van der Waals surface area contributed by atoms with Gasteiger partial charge in [-0.1, -0.05) is 38.7 Å². The fourth-order valence-electron chi connectivity index (χ4n) is 3.47. The number of aryl methyl sites for hydroxylation is 1. The summed E-state index contributed by atoms with van der Waals surface area (Å²) in [6, 6.07) is 3.14. The fraction of sp³-hybridized carbons (Fsp3) is 0.526. The molecular weight excluding hydrogens is 364 g/mol. The predicted octanol–water partition coefficient (Wildman–Crippen LogP) is 3.14. The second-order valence-electron chi connectivity index (χ2n) is 7.17. The number of carbonyl (C=O) groups excluding carboxylic acids is 1. The van der Waals surface area contributed by atoms with Crippen molar-refractivity contribution in [3.05, 3.63) is 36.4 Å². The number of hydrogen-bond acceptors (Lipinski definition) is 5. The molecule has 0 radical (unpaired) electrons. The van der Waals surface area contributed by atoms with Crippen molar-refractivity contribution in [1.82, 2.24) is 14.5 Å². The molecule has 2 heterocycles. The summed E-state index contributed by atoms with van der Waals surface area (Å²) >= 11 is 0. The van der Waals surface area contributed by atoms with Crippen LogP contribution in [0.2, 0.25) is 0 Å². The lowest BCUT2D eigenvalue weighted by Gasteiger charge is -2.21. The van der Waals surface area contributed by atoms with Gasteiger partial charge in [0.25, 0.3) is 0 Å². The van der Waals surface area contributed by atoms with Crippen LogP contribution in [0.1, 0.15) is 50.6 Å². The summed E-state index contributed by atoms with van der Waals surface area (Å²) in [6.07, 6.45) is 9.84. The third-order valence-corrected chi connectivity index (χ3v) is 6.74. The van der Waals surface area contributed by atoms with E-state index in [9.17, 15) is 13.2 Å². The Kier molecular flexibility index (Phi) is 5.94. The van der Waals surface area contributed by atoms with Crippen LogP contribution in [-0.2, 0) is 14.6 Å². The molecule has 146 valence electrons. The van der Waals surface area contributed by atoms with E-state index in [2.05, 4.69) is 15.3 Å². The lowest BCUT2D eigenvalue weighted by Crippen LogP contribution is -2.27. The zero-order chi connectivity index (χ0) is 19.4. The number of pyridine rings is 1. The van der Waals surface area contributed by atoms with Gasteiger partial charge in [-0.3, -0.25) is 4.79 Å². The van der Waals surface area contributed by atoms with E-state index >= 15 is 0 Å². The number of hydrogen-bond donors (Lipinski definition) is 1. The Morgan fingerprint density at radius 3 is 2.67 bits per heavy atom. The monoisotopic (exact) mass is 390 g/mol. The molecule has 0 aromatic carbocycles. The molecule has 1 aliphatic rings. The van der Waals surface area contributed by atoms with Gasteiger partial charge in [0.2, 0.25) is 5.91 Å². The molecule has 7 nitrogen and oxygen atoms in total. The molecular formula is C19H26N4O3S. The fourth-order valence-corrected chi connectivity index (χ4v) is 4.26. The van der Waals surface area contributed by atoms with E-state index in [1.165, 1.54) is 25.4 Å². The molecule has 0 bridgehead atoms. The van der Waals surface area contributed by atoms with Gasteiger partial charge in [-0.05, 0) is 30.9 Å². The number of sulfone groups is 1. The molecule has 0 saturated heterocycles. The van der Waals surface area contributed by atoms with Gasteiger partial charge in [-0.25, -0.2) is 18.4 Å². The van der Waals surface area contributed by atoms with Gasteiger partial charge in [-0.15, -0.1) is 0 Å². The van der Waals surface area contributed by atoms with Crippen LogP contribution in [0.3, 0.4) is 0 Å². The maximum absolute atomic E-state index is 13.0. The molecule has 1 amide bonds. The van der Waals surface area contributed by atoms with Gasteiger partial charge < -0.3 is 9.88 Å². The van der Waals surface area contributed by atoms with Crippen molar-refractivity contribution in [3.8, 4) is 0 Å². The molecule has 8 heteroatoms. The second-order valence-corrected chi connectivity index (χ2v) is 9.40. The molecule has 1 saturated carbocycles. The minimum atomic E-state index is -3.40. The van der Waals surface area contributed by atoms with Gasteiger partial charge >= 0.3 is 0 Å². The quantitative estimate of drug-likeness (QED) is 0.784. The molecule has 1 fully saturated rings. The van der Waals surface area contributed by atoms with Crippen molar-refractivity contribution < 1.29 is 13.2 Å². The first kappa shape index (κ1) is 19.5. The van der Waals surface area contributed by atoms with E-state index in [4.69, 9.17) is 0 Å². The minimum absolute atomic E-state index is 0.0164. The van der Waals surface area contributed by atoms with Crippen LogP contribution in [0.25, 0.3) is 0 Å². The van der Waals surface area contributed by atoms with Gasteiger partial charge in [0.05, 0.1) is 12.1 Å². The molecule has 1 aliphatic carbocycles. The highest BCUT2D eigenvalue weighted by molar-refractivity contribution is 7.91. The van der Waals surface area contributed by atoms with E-state index in [0.717, 1.165) is 18.4 Å². The molecule has 1 N–H and O–H groups in total. The third kappa shape index (κ3) is 4.74. The average Bonchev–Trinajstić information content (AvgIpc) is 3.33. The number of rotatable bonds is 7. The number of amides is 1. The topological polar surface area (TPSA) is 94.0 Å². The average molecular weight is 391 g/mol. The highest BCUT2D eigenvalue weighted by Gasteiger charge is 2.28. The second kappa shape index (κ2) is 8.21. The highest BCUT2D eigenvalue weighted by Crippen LogP contribution is 2.32. The lowest BCUT2D eigenvalue weighted by atomic mass is 9.97. The Labute approximate surface area is 160 Å². The van der Waals surface area contributed by atoms with Crippen LogP contribution < -0.4 is 5.32 Å². The minimum Gasteiger partial charge on any atom is -0.324 e. The third-order valence-electron chi connectivity index (χ3n) is 5.13. The summed E-state index contributed by atoms with van der Waals surface area (Å²) in [5.41, 5.74) is 1.01. The number of anilines is 1. The maximum atomic E-state index is 13.0. The molecule has 1 unspecified atom stereocenters. The first-order chi connectivity index (χ1) is 12.9. The number of nitrogens with one attached hydrogen (secondary N) is 1. The molecule has 27 heavy (non-hydrogen) atoms. The van der Waals surface area contributed by atoms with Crippen molar-refractivity contribution in [2.75, 3.05) is 11.1 Å². The SMILES string of the molecule is CCS(=O)(=O)c1cn(C(CC2CCCC2)C(=O)Nc2ccc(C)cn2)cn1.